The van der Waals surface area contributed by atoms with Crippen LogP contribution in [0.1, 0.15) is 37.1 Å². The van der Waals surface area contributed by atoms with Crippen molar-refractivity contribution >= 4 is 23.2 Å². The SMILES string of the molecule is CCc1cnc(CNC2CC(=O)N(C(C)C)C2=O)s1. The van der Waals surface area contributed by atoms with Crippen molar-refractivity contribution < 1.29 is 9.59 Å². The van der Waals surface area contributed by atoms with E-state index >= 15 is 0 Å². The minimum absolute atomic E-state index is 0.0710. The average molecular weight is 281 g/mol. The Morgan fingerprint density at radius 2 is 2.26 bits per heavy atom. The molecule has 1 fully saturated rings. The van der Waals surface area contributed by atoms with Crippen LogP contribution in [-0.4, -0.2) is 33.8 Å². The lowest BCUT2D eigenvalue weighted by Crippen LogP contribution is -2.41. The summed E-state index contributed by atoms with van der Waals surface area (Å²) in [5, 5.41) is 4.09. The van der Waals surface area contributed by atoms with Crippen molar-refractivity contribution in [3.05, 3.63) is 16.1 Å². The summed E-state index contributed by atoms with van der Waals surface area (Å²) in [4.78, 5) is 30.7. The average Bonchev–Trinajstić information content (AvgIpc) is 2.91. The molecule has 2 heterocycles. The van der Waals surface area contributed by atoms with Crippen LogP contribution < -0.4 is 5.32 Å². The van der Waals surface area contributed by atoms with Gasteiger partial charge in [0.1, 0.15) is 5.01 Å². The summed E-state index contributed by atoms with van der Waals surface area (Å²) in [5.41, 5.74) is 0. The van der Waals surface area contributed by atoms with Crippen LogP contribution in [0.3, 0.4) is 0 Å². The van der Waals surface area contributed by atoms with E-state index in [1.165, 1.54) is 9.78 Å². The molecule has 2 amide bonds. The van der Waals surface area contributed by atoms with E-state index in [4.69, 9.17) is 0 Å². The predicted octanol–water partition coefficient (Wildman–Crippen LogP) is 1.33. The molecule has 0 aromatic carbocycles. The number of aryl methyl sites for hydroxylation is 1. The van der Waals surface area contributed by atoms with E-state index in [-0.39, 0.29) is 24.3 Å². The Morgan fingerprint density at radius 3 is 2.79 bits per heavy atom. The van der Waals surface area contributed by atoms with Crippen molar-refractivity contribution in [2.75, 3.05) is 0 Å². The first-order valence-electron chi connectivity index (χ1n) is 6.55. The summed E-state index contributed by atoms with van der Waals surface area (Å²) >= 11 is 1.64. The minimum atomic E-state index is -0.399. The van der Waals surface area contributed by atoms with Gasteiger partial charge in [0.25, 0.3) is 0 Å². The number of thiazole rings is 1. The zero-order valence-electron chi connectivity index (χ0n) is 11.5. The van der Waals surface area contributed by atoms with Gasteiger partial charge in [-0.1, -0.05) is 6.92 Å². The Kier molecular flexibility index (Phi) is 4.31. The van der Waals surface area contributed by atoms with Crippen molar-refractivity contribution in [2.24, 2.45) is 0 Å². The molecule has 104 valence electrons. The molecule has 0 saturated carbocycles. The van der Waals surface area contributed by atoms with E-state index in [1.54, 1.807) is 11.3 Å². The van der Waals surface area contributed by atoms with Gasteiger partial charge < -0.3 is 0 Å². The summed E-state index contributed by atoms with van der Waals surface area (Å²) in [6.07, 6.45) is 3.09. The first kappa shape index (κ1) is 14.1. The highest BCUT2D eigenvalue weighted by Crippen LogP contribution is 2.18. The van der Waals surface area contributed by atoms with Crippen LogP contribution in [0.15, 0.2) is 6.20 Å². The normalized spacial score (nSPS) is 19.8. The Hall–Kier alpha value is -1.27. The second kappa shape index (κ2) is 5.79. The van der Waals surface area contributed by atoms with Crippen LogP contribution in [0.5, 0.6) is 0 Å². The lowest BCUT2D eigenvalue weighted by molar-refractivity contribution is -0.140. The molecule has 1 aromatic heterocycles. The molecule has 1 atom stereocenters. The fourth-order valence-corrected chi connectivity index (χ4v) is 2.97. The number of carbonyl (C=O) groups excluding carboxylic acids is 2. The van der Waals surface area contributed by atoms with Crippen molar-refractivity contribution in [1.82, 2.24) is 15.2 Å². The molecule has 1 unspecified atom stereocenters. The third-order valence-electron chi connectivity index (χ3n) is 3.15. The first-order chi connectivity index (χ1) is 9.02. The minimum Gasteiger partial charge on any atom is -0.299 e. The third kappa shape index (κ3) is 3.01. The van der Waals surface area contributed by atoms with E-state index in [0.717, 1.165) is 11.4 Å². The zero-order valence-corrected chi connectivity index (χ0v) is 12.3. The maximum absolute atomic E-state index is 12.1. The van der Waals surface area contributed by atoms with Crippen LogP contribution in [0.2, 0.25) is 0 Å². The fourth-order valence-electron chi connectivity index (χ4n) is 2.16. The Bertz CT molecular complexity index is 484. The van der Waals surface area contributed by atoms with Gasteiger partial charge in [-0.15, -0.1) is 11.3 Å². The van der Waals surface area contributed by atoms with Crippen LogP contribution in [0, 0.1) is 0 Å². The first-order valence-corrected chi connectivity index (χ1v) is 7.37. The van der Waals surface area contributed by atoms with Gasteiger partial charge in [-0.2, -0.15) is 0 Å². The number of hydrogen-bond donors (Lipinski definition) is 1. The lowest BCUT2D eigenvalue weighted by atomic mass is 10.2. The second-order valence-electron chi connectivity index (χ2n) is 4.91. The van der Waals surface area contributed by atoms with E-state index < -0.39 is 6.04 Å². The van der Waals surface area contributed by atoms with Crippen molar-refractivity contribution in [1.29, 1.82) is 0 Å². The van der Waals surface area contributed by atoms with Crippen LogP contribution in [0.4, 0.5) is 0 Å². The summed E-state index contributed by atoms with van der Waals surface area (Å²) < 4.78 is 0. The number of carbonyl (C=O) groups is 2. The molecule has 1 N–H and O–H groups in total. The van der Waals surface area contributed by atoms with Crippen molar-refractivity contribution in [2.45, 2.75) is 52.2 Å². The predicted molar refractivity (Wildman–Crippen MR) is 73.7 cm³/mol. The fraction of sp³-hybridized carbons (Fsp3) is 0.615. The molecule has 1 aromatic rings. The standard InChI is InChI=1S/C13H19N3O2S/c1-4-9-6-15-11(19-9)7-14-10-5-12(17)16(8(2)3)13(10)18/h6,8,10,14H,4-5,7H2,1-3H3. The number of rotatable bonds is 5. The van der Waals surface area contributed by atoms with Gasteiger partial charge in [-0.3, -0.25) is 19.8 Å². The largest absolute Gasteiger partial charge is 0.299 e. The van der Waals surface area contributed by atoms with Crippen LogP contribution >= 0.6 is 11.3 Å². The van der Waals surface area contributed by atoms with Gasteiger partial charge in [0.2, 0.25) is 11.8 Å². The summed E-state index contributed by atoms with van der Waals surface area (Å²) in [6, 6.07) is -0.470. The van der Waals surface area contributed by atoms with Gasteiger partial charge >= 0.3 is 0 Å². The molecule has 2 rings (SSSR count). The molecule has 1 aliphatic heterocycles. The quantitative estimate of drug-likeness (QED) is 0.827. The lowest BCUT2D eigenvalue weighted by Gasteiger charge is -2.19. The third-order valence-corrected chi connectivity index (χ3v) is 4.29. The zero-order chi connectivity index (χ0) is 14.0. The molecule has 1 saturated heterocycles. The van der Waals surface area contributed by atoms with E-state index in [9.17, 15) is 9.59 Å². The molecule has 0 aliphatic carbocycles. The number of nitrogens with zero attached hydrogens (tertiary/aromatic N) is 2. The Labute approximate surface area is 117 Å². The Morgan fingerprint density at radius 1 is 1.53 bits per heavy atom. The number of likely N-dealkylation sites (tertiary alicyclic amines) is 1. The Balaban J connectivity index is 1.94. The van der Waals surface area contributed by atoms with E-state index in [2.05, 4.69) is 17.2 Å². The molecule has 1 aliphatic rings. The second-order valence-corrected chi connectivity index (χ2v) is 6.11. The molecule has 5 nitrogen and oxygen atoms in total. The number of imide groups is 1. The van der Waals surface area contributed by atoms with Crippen LogP contribution in [0.25, 0.3) is 0 Å². The van der Waals surface area contributed by atoms with Gasteiger partial charge in [-0.25, -0.2) is 4.98 Å². The van der Waals surface area contributed by atoms with E-state index in [0.29, 0.717) is 6.54 Å². The molecule has 0 spiro atoms. The highest BCUT2D eigenvalue weighted by molar-refractivity contribution is 7.11. The molecule has 19 heavy (non-hydrogen) atoms. The maximum atomic E-state index is 12.1. The number of amides is 2. The maximum Gasteiger partial charge on any atom is 0.247 e. The van der Waals surface area contributed by atoms with Crippen LogP contribution in [-0.2, 0) is 22.6 Å². The van der Waals surface area contributed by atoms with Crippen molar-refractivity contribution in [3.8, 4) is 0 Å². The smallest absolute Gasteiger partial charge is 0.247 e. The monoisotopic (exact) mass is 281 g/mol. The van der Waals surface area contributed by atoms with Gasteiger partial charge in [0.05, 0.1) is 12.5 Å². The number of nitrogens with one attached hydrogen (secondary N) is 1. The summed E-state index contributed by atoms with van der Waals surface area (Å²) in [7, 11) is 0. The summed E-state index contributed by atoms with van der Waals surface area (Å²) in [6.45, 7) is 6.34. The summed E-state index contributed by atoms with van der Waals surface area (Å²) in [5.74, 6) is -0.210. The molecule has 0 radical (unpaired) electrons. The highest BCUT2D eigenvalue weighted by Gasteiger charge is 2.39. The molecular weight excluding hydrogens is 262 g/mol. The topological polar surface area (TPSA) is 62.3 Å². The number of hydrogen-bond acceptors (Lipinski definition) is 5. The van der Waals surface area contributed by atoms with Gasteiger partial charge in [0.15, 0.2) is 0 Å². The number of aromatic nitrogens is 1. The van der Waals surface area contributed by atoms with Gasteiger partial charge in [-0.05, 0) is 20.3 Å². The highest BCUT2D eigenvalue weighted by atomic mass is 32.1. The molecule has 6 heteroatoms. The van der Waals surface area contributed by atoms with E-state index in [1.807, 2.05) is 20.0 Å². The van der Waals surface area contributed by atoms with Gasteiger partial charge in [0, 0.05) is 23.7 Å². The van der Waals surface area contributed by atoms with Crippen molar-refractivity contribution in [3.63, 3.8) is 0 Å². The molecular formula is C13H19N3O2S. The molecule has 0 bridgehead atoms.